The summed E-state index contributed by atoms with van der Waals surface area (Å²) >= 11 is 3.31. The number of carbonyl (C=O) groups excluding carboxylic acids is 2. The van der Waals surface area contributed by atoms with Crippen molar-refractivity contribution < 1.29 is 14.3 Å². The van der Waals surface area contributed by atoms with Crippen molar-refractivity contribution in [1.29, 1.82) is 0 Å². The third-order valence-corrected chi connectivity index (χ3v) is 3.53. The van der Waals surface area contributed by atoms with Crippen LogP contribution in [-0.2, 0) is 9.53 Å². The molecule has 1 aromatic carbocycles. The monoisotopic (exact) mass is 327 g/mol. The quantitative estimate of drug-likeness (QED) is 0.846. The van der Waals surface area contributed by atoms with E-state index in [0.29, 0.717) is 5.56 Å². The number of carbonyl (C=O) groups is 2. The summed E-state index contributed by atoms with van der Waals surface area (Å²) in [7, 11) is 1.32. The average Bonchev–Trinajstić information content (AvgIpc) is 2.42. The van der Waals surface area contributed by atoms with Crippen molar-refractivity contribution in [3.05, 3.63) is 34.3 Å². The molecular formula is C14H18BrNO3. The van der Waals surface area contributed by atoms with Crippen molar-refractivity contribution in [2.24, 2.45) is 5.92 Å². The van der Waals surface area contributed by atoms with Crippen LogP contribution in [0.4, 0.5) is 0 Å². The van der Waals surface area contributed by atoms with Gasteiger partial charge in [-0.25, -0.2) is 4.79 Å². The maximum absolute atomic E-state index is 12.1. The molecule has 0 aliphatic rings. The van der Waals surface area contributed by atoms with Gasteiger partial charge in [-0.2, -0.15) is 0 Å². The van der Waals surface area contributed by atoms with Crippen molar-refractivity contribution in [1.82, 2.24) is 5.32 Å². The van der Waals surface area contributed by atoms with Crippen LogP contribution in [0.3, 0.4) is 0 Å². The van der Waals surface area contributed by atoms with Gasteiger partial charge in [0.15, 0.2) is 0 Å². The summed E-state index contributed by atoms with van der Waals surface area (Å²) in [6, 6.07) is 6.39. The molecule has 1 aromatic rings. The summed E-state index contributed by atoms with van der Waals surface area (Å²) in [6.07, 6.45) is 0.776. The van der Waals surface area contributed by atoms with Crippen molar-refractivity contribution in [3.8, 4) is 0 Å². The zero-order chi connectivity index (χ0) is 14.4. The van der Waals surface area contributed by atoms with E-state index in [1.807, 2.05) is 19.9 Å². The molecule has 0 fully saturated rings. The third-order valence-electron chi connectivity index (χ3n) is 3.04. The van der Waals surface area contributed by atoms with Gasteiger partial charge >= 0.3 is 5.97 Å². The average molecular weight is 328 g/mol. The molecule has 5 heteroatoms. The van der Waals surface area contributed by atoms with E-state index < -0.39 is 12.0 Å². The highest BCUT2D eigenvalue weighted by Crippen LogP contribution is 2.14. The van der Waals surface area contributed by atoms with E-state index >= 15 is 0 Å². The van der Waals surface area contributed by atoms with E-state index in [9.17, 15) is 9.59 Å². The largest absolute Gasteiger partial charge is 0.467 e. The number of ether oxygens (including phenoxy) is 1. The summed E-state index contributed by atoms with van der Waals surface area (Å²) in [6.45, 7) is 3.87. The maximum Gasteiger partial charge on any atom is 0.328 e. The molecule has 4 nitrogen and oxygen atoms in total. The Morgan fingerprint density at radius 2 is 2.11 bits per heavy atom. The normalized spacial score (nSPS) is 13.5. The number of methoxy groups -OCH3 is 1. The Morgan fingerprint density at radius 3 is 2.63 bits per heavy atom. The summed E-state index contributed by atoms with van der Waals surface area (Å²) in [5.74, 6) is -0.682. The lowest BCUT2D eigenvalue weighted by Crippen LogP contribution is -2.45. The van der Waals surface area contributed by atoms with E-state index in [4.69, 9.17) is 4.74 Å². The Kier molecular flexibility index (Phi) is 6.02. The van der Waals surface area contributed by atoms with Crippen LogP contribution in [0, 0.1) is 5.92 Å². The first-order chi connectivity index (χ1) is 8.99. The van der Waals surface area contributed by atoms with Gasteiger partial charge in [-0.1, -0.05) is 42.3 Å². The lowest BCUT2D eigenvalue weighted by molar-refractivity contribution is -0.144. The van der Waals surface area contributed by atoms with E-state index in [2.05, 4.69) is 21.2 Å². The van der Waals surface area contributed by atoms with Crippen LogP contribution < -0.4 is 5.32 Å². The van der Waals surface area contributed by atoms with Crippen LogP contribution in [0.25, 0.3) is 0 Å². The Morgan fingerprint density at radius 1 is 1.42 bits per heavy atom. The molecule has 0 saturated carbocycles. The highest BCUT2D eigenvalue weighted by molar-refractivity contribution is 9.10. The molecule has 1 rings (SSSR count). The molecule has 0 spiro atoms. The van der Waals surface area contributed by atoms with Crippen LogP contribution in [0.15, 0.2) is 28.7 Å². The van der Waals surface area contributed by atoms with Gasteiger partial charge in [0.05, 0.1) is 7.11 Å². The number of esters is 1. The second-order valence-corrected chi connectivity index (χ2v) is 5.29. The van der Waals surface area contributed by atoms with Gasteiger partial charge in [0.1, 0.15) is 6.04 Å². The Balaban J connectivity index is 2.84. The molecule has 0 aliphatic carbocycles. The van der Waals surface area contributed by atoms with Crippen molar-refractivity contribution in [2.75, 3.05) is 7.11 Å². The minimum atomic E-state index is -0.624. The van der Waals surface area contributed by atoms with Crippen molar-refractivity contribution in [2.45, 2.75) is 26.3 Å². The molecule has 0 saturated heterocycles. The molecule has 0 radical (unpaired) electrons. The van der Waals surface area contributed by atoms with Gasteiger partial charge in [0.2, 0.25) is 0 Å². The standard InChI is InChI=1S/C14H18BrNO3/c1-4-9(2)12(14(18)19-3)16-13(17)10-6-5-7-11(15)8-10/h5-9,12H,4H2,1-3H3,(H,16,17)/t9-,12+/m1/s1. The van der Waals surface area contributed by atoms with Crippen molar-refractivity contribution >= 4 is 27.8 Å². The molecule has 1 N–H and O–H groups in total. The zero-order valence-corrected chi connectivity index (χ0v) is 12.9. The van der Waals surface area contributed by atoms with Crippen LogP contribution >= 0.6 is 15.9 Å². The number of nitrogens with one attached hydrogen (secondary N) is 1. The molecule has 0 bridgehead atoms. The Labute approximate surface area is 121 Å². The number of hydrogen-bond acceptors (Lipinski definition) is 3. The zero-order valence-electron chi connectivity index (χ0n) is 11.3. The molecule has 0 unspecified atom stereocenters. The lowest BCUT2D eigenvalue weighted by Gasteiger charge is -2.21. The molecule has 0 aromatic heterocycles. The van der Waals surface area contributed by atoms with Gasteiger partial charge in [-0.3, -0.25) is 4.79 Å². The summed E-state index contributed by atoms with van der Waals surface area (Å²) in [4.78, 5) is 23.8. The smallest absolute Gasteiger partial charge is 0.328 e. The molecule has 2 atom stereocenters. The maximum atomic E-state index is 12.1. The lowest BCUT2D eigenvalue weighted by atomic mass is 9.99. The fourth-order valence-corrected chi connectivity index (χ4v) is 2.05. The molecular weight excluding hydrogens is 310 g/mol. The molecule has 104 valence electrons. The van der Waals surface area contributed by atoms with Gasteiger partial charge in [-0.15, -0.1) is 0 Å². The fraction of sp³-hybridized carbons (Fsp3) is 0.429. The second-order valence-electron chi connectivity index (χ2n) is 4.37. The first kappa shape index (κ1) is 15.7. The molecule has 1 amide bonds. The number of amides is 1. The second kappa shape index (κ2) is 7.28. The predicted molar refractivity (Wildman–Crippen MR) is 76.9 cm³/mol. The van der Waals surface area contributed by atoms with Gasteiger partial charge in [0.25, 0.3) is 5.91 Å². The van der Waals surface area contributed by atoms with Crippen molar-refractivity contribution in [3.63, 3.8) is 0 Å². The highest BCUT2D eigenvalue weighted by Gasteiger charge is 2.26. The van der Waals surface area contributed by atoms with E-state index in [-0.39, 0.29) is 11.8 Å². The van der Waals surface area contributed by atoms with Crippen LogP contribution in [0.5, 0.6) is 0 Å². The van der Waals surface area contributed by atoms with E-state index in [0.717, 1.165) is 10.9 Å². The molecule has 19 heavy (non-hydrogen) atoms. The third kappa shape index (κ3) is 4.35. The number of halogens is 1. The fourth-order valence-electron chi connectivity index (χ4n) is 1.65. The number of hydrogen-bond donors (Lipinski definition) is 1. The van der Waals surface area contributed by atoms with Gasteiger partial charge in [0, 0.05) is 10.0 Å². The number of benzene rings is 1. The Bertz CT molecular complexity index is 462. The number of rotatable bonds is 5. The van der Waals surface area contributed by atoms with E-state index in [1.165, 1.54) is 7.11 Å². The topological polar surface area (TPSA) is 55.4 Å². The highest BCUT2D eigenvalue weighted by atomic mass is 79.9. The summed E-state index contributed by atoms with van der Waals surface area (Å²) in [5, 5.41) is 2.73. The van der Waals surface area contributed by atoms with Crippen LogP contribution in [0.2, 0.25) is 0 Å². The summed E-state index contributed by atoms with van der Waals surface area (Å²) in [5.41, 5.74) is 0.506. The van der Waals surface area contributed by atoms with Crippen LogP contribution in [-0.4, -0.2) is 25.0 Å². The SMILES string of the molecule is CC[C@@H](C)[C@H](NC(=O)c1cccc(Br)c1)C(=O)OC. The molecule has 0 aliphatic heterocycles. The van der Waals surface area contributed by atoms with Gasteiger partial charge in [-0.05, 0) is 24.1 Å². The minimum absolute atomic E-state index is 0.0172. The predicted octanol–water partition coefficient (Wildman–Crippen LogP) is 2.77. The Hall–Kier alpha value is -1.36. The molecule has 0 heterocycles. The first-order valence-electron chi connectivity index (χ1n) is 6.13. The first-order valence-corrected chi connectivity index (χ1v) is 6.93. The summed E-state index contributed by atoms with van der Waals surface area (Å²) < 4.78 is 5.55. The van der Waals surface area contributed by atoms with Crippen LogP contribution in [0.1, 0.15) is 30.6 Å². The minimum Gasteiger partial charge on any atom is -0.467 e. The van der Waals surface area contributed by atoms with Gasteiger partial charge < -0.3 is 10.1 Å². The van der Waals surface area contributed by atoms with E-state index in [1.54, 1.807) is 18.2 Å².